The number of methoxy groups -OCH3 is 1. The maximum absolute atomic E-state index is 13.3. The molecule has 3 aromatic rings. The van der Waals surface area contributed by atoms with Crippen molar-refractivity contribution in [1.29, 1.82) is 0 Å². The Kier molecular flexibility index (Phi) is 7.12. The standard InChI is InChI=1S/C27H30N2O6/c1-5-34-17-11-12-19(22(15-17)35-6-2)25(30)23-24(29(13-14-33-4)27(32)26(23)31)20-16-28(3)21-10-8-7-9-18(20)21/h7-12,15-16,24,30H,5-6,13-14H2,1-4H3/b25-23+. The number of ether oxygens (including phenoxy) is 3. The van der Waals surface area contributed by atoms with Crippen LogP contribution in [0.3, 0.4) is 0 Å². The molecule has 0 spiro atoms. The van der Waals surface area contributed by atoms with Gasteiger partial charge in [-0.2, -0.15) is 0 Å². The number of fused-ring (bicyclic) bond motifs is 1. The molecule has 2 aromatic carbocycles. The fourth-order valence-corrected chi connectivity index (χ4v) is 4.59. The Morgan fingerprint density at radius 3 is 2.51 bits per heavy atom. The van der Waals surface area contributed by atoms with Crippen LogP contribution in [0.4, 0.5) is 0 Å². The highest BCUT2D eigenvalue weighted by atomic mass is 16.5. The van der Waals surface area contributed by atoms with Crippen LogP contribution in [-0.2, 0) is 21.4 Å². The number of ketones is 1. The van der Waals surface area contributed by atoms with Gasteiger partial charge < -0.3 is 28.8 Å². The Morgan fingerprint density at radius 1 is 1.06 bits per heavy atom. The molecule has 1 unspecified atom stereocenters. The number of aliphatic hydroxyl groups excluding tert-OH is 1. The van der Waals surface area contributed by atoms with Gasteiger partial charge in [0.15, 0.2) is 0 Å². The second-order valence-electron chi connectivity index (χ2n) is 8.22. The summed E-state index contributed by atoms with van der Waals surface area (Å²) in [6.07, 6.45) is 1.90. The first kappa shape index (κ1) is 24.3. The van der Waals surface area contributed by atoms with E-state index >= 15 is 0 Å². The fraction of sp³-hybridized carbons (Fsp3) is 0.333. The van der Waals surface area contributed by atoms with E-state index in [0.717, 1.165) is 16.5 Å². The topological polar surface area (TPSA) is 90.2 Å². The summed E-state index contributed by atoms with van der Waals surface area (Å²) in [7, 11) is 3.45. The summed E-state index contributed by atoms with van der Waals surface area (Å²) in [5, 5.41) is 12.4. The van der Waals surface area contributed by atoms with Crippen LogP contribution < -0.4 is 9.47 Å². The van der Waals surface area contributed by atoms with Crippen molar-refractivity contribution in [3.63, 3.8) is 0 Å². The number of rotatable bonds is 9. The van der Waals surface area contributed by atoms with Crippen molar-refractivity contribution in [2.75, 3.05) is 33.5 Å². The number of aliphatic hydroxyl groups is 1. The minimum absolute atomic E-state index is 0.0209. The normalized spacial score (nSPS) is 17.4. The van der Waals surface area contributed by atoms with Gasteiger partial charge in [-0.3, -0.25) is 9.59 Å². The first-order valence-electron chi connectivity index (χ1n) is 11.6. The Hall–Kier alpha value is -3.78. The maximum Gasteiger partial charge on any atom is 0.295 e. The van der Waals surface area contributed by atoms with E-state index in [-0.39, 0.29) is 24.5 Å². The number of hydrogen-bond donors (Lipinski definition) is 1. The third-order valence-corrected chi connectivity index (χ3v) is 6.12. The van der Waals surface area contributed by atoms with E-state index in [0.29, 0.717) is 30.3 Å². The molecule has 1 aromatic heterocycles. The van der Waals surface area contributed by atoms with Crippen molar-refractivity contribution in [1.82, 2.24) is 9.47 Å². The predicted octanol–water partition coefficient (Wildman–Crippen LogP) is 4.04. The summed E-state index contributed by atoms with van der Waals surface area (Å²) < 4.78 is 18.5. The monoisotopic (exact) mass is 478 g/mol. The molecule has 1 aliphatic rings. The van der Waals surface area contributed by atoms with Crippen molar-refractivity contribution < 1.29 is 28.9 Å². The van der Waals surface area contributed by atoms with Gasteiger partial charge in [0.1, 0.15) is 17.3 Å². The molecule has 0 aliphatic carbocycles. The lowest BCUT2D eigenvalue weighted by Gasteiger charge is -2.24. The van der Waals surface area contributed by atoms with E-state index in [1.807, 2.05) is 55.9 Å². The van der Waals surface area contributed by atoms with Gasteiger partial charge in [0.25, 0.3) is 11.7 Å². The number of para-hydroxylation sites is 1. The number of carbonyl (C=O) groups excluding carboxylic acids is 2. The van der Waals surface area contributed by atoms with Gasteiger partial charge in [0.05, 0.1) is 37.0 Å². The maximum atomic E-state index is 13.3. The molecule has 4 rings (SSSR count). The Bertz CT molecular complexity index is 1290. The first-order chi connectivity index (χ1) is 16.9. The highest BCUT2D eigenvalue weighted by Crippen LogP contribution is 2.43. The molecule has 1 saturated heterocycles. The number of nitrogens with zero attached hydrogens (tertiary/aromatic N) is 2. The summed E-state index contributed by atoms with van der Waals surface area (Å²) in [5.41, 5.74) is 2.05. The summed E-state index contributed by atoms with van der Waals surface area (Å²) in [5.74, 6) is -0.750. The SMILES string of the molecule is CCOc1ccc(/C(O)=C2\C(=O)C(=O)N(CCOC)C2c2cn(C)c3ccccc23)c(OCC)c1. The van der Waals surface area contributed by atoms with Gasteiger partial charge in [-0.15, -0.1) is 0 Å². The smallest absolute Gasteiger partial charge is 0.295 e. The molecule has 1 aliphatic heterocycles. The highest BCUT2D eigenvalue weighted by molar-refractivity contribution is 6.46. The van der Waals surface area contributed by atoms with Crippen LogP contribution in [0.2, 0.25) is 0 Å². The molecule has 0 saturated carbocycles. The Balaban J connectivity index is 1.94. The average Bonchev–Trinajstić information content (AvgIpc) is 3.31. The van der Waals surface area contributed by atoms with Gasteiger partial charge in [-0.25, -0.2) is 0 Å². The van der Waals surface area contributed by atoms with Crippen LogP contribution in [0.1, 0.15) is 31.0 Å². The molecule has 0 bridgehead atoms. The molecule has 0 radical (unpaired) electrons. The van der Waals surface area contributed by atoms with Crippen molar-refractivity contribution in [2.24, 2.45) is 7.05 Å². The van der Waals surface area contributed by atoms with Crippen molar-refractivity contribution in [3.8, 4) is 11.5 Å². The lowest BCUT2D eigenvalue weighted by Crippen LogP contribution is -2.32. The molecule has 1 fully saturated rings. The van der Waals surface area contributed by atoms with E-state index in [9.17, 15) is 14.7 Å². The summed E-state index contributed by atoms with van der Waals surface area (Å²) in [6.45, 7) is 4.99. The van der Waals surface area contributed by atoms with Gasteiger partial charge in [-0.05, 0) is 32.0 Å². The minimum Gasteiger partial charge on any atom is -0.507 e. The van der Waals surface area contributed by atoms with Gasteiger partial charge in [0.2, 0.25) is 0 Å². The molecule has 35 heavy (non-hydrogen) atoms. The fourth-order valence-electron chi connectivity index (χ4n) is 4.59. The van der Waals surface area contributed by atoms with Crippen LogP contribution >= 0.6 is 0 Å². The minimum atomic E-state index is -0.780. The van der Waals surface area contributed by atoms with Crippen LogP contribution in [0, 0.1) is 0 Å². The summed E-state index contributed by atoms with van der Waals surface area (Å²) >= 11 is 0. The zero-order valence-corrected chi connectivity index (χ0v) is 20.4. The summed E-state index contributed by atoms with van der Waals surface area (Å²) in [4.78, 5) is 28.0. The number of aryl methyl sites for hydroxylation is 1. The quantitative estimate of drug-likeness (QED) is 0.284. The molecule has 8 nitrogen and oxygen atoms in total. The number of likely N-dealkylation sites (tertiary alicyclic amines) is 1. The van der Waals surface area contributed by atoms with Gasteiger partial charge in [-0.1, -0.05) is 18.2 Å². The number of Topliss-reactive ketones (excluding diaryl/α,β-unsaturated/α-hetero) is 1. The molecular formula is C27H30N2O6. The van der Waals surface area contributed by atoms with Crippen molar-refractivity contribution >= 4 is 28.4 Å². The molecule has 2 heterocycles. The van der Waals surface area contributed by atoms with Crippen LogP contribution in [0.15, 0.2) is 54.2 Å². The molecule has 1 atom stereocenters. The number of benzene rings is 2. The number of amides is 1. The van der Waals surface area contributed by atoms with Gasteiger partial charge >= 0.3 is 0 Å². The van der Waals surface area contributed by atoms with E-state index in [2.05, 4.69) is 0 Å². The largest absolute Gasteiger partial charge is 0.507 e. The lowest BCUT2D eigenvalue weighted by molar-refractivity contribution is -0.140. The van der Waals surface area contributed by atoms with Crippen molar-refractivity contribution in [2.45, 2.75) is 19.9 Å². The number of aromatic nitrogens is 1. The molecule has 1 N–H and O–H groups in total. The molecule has 184 valence electrons. The highest BCUT2D eigenvalue weighted by Gasteiger charge is 2.47. The van der Waals surface area contributed by atoms with Crippen LogP contribution in [0.25, 0.3) is 16.7 Å². The second-order valence-corrected chi connectivity index (χ2v) is 8.22. The van der Waals surface area contributed by atoms with E-state index in [4.69, 9.17) is 14.2 Å². The van der Waals surface area contributed by atoms with E-state index < -0.39 is 17.7 Å². The van der Waals surface area contributed by atoms with E-state index in [1.54, 1.807) is 18.2 Å². The predicted molar refractivity (Wildman–Crippen MR) is 133 cm³/mol. The number of hydrogen-bond acceptors (Lipinski definition) is 6. The average molecular weight is 479 g/mol. The zero-order valence-electron chi connectivity index (χ0n) is 20.4. The van der Waals surface area contributed by atoms with E-state index in [1.165, 1.54) is 12.0 Å². The molecular weight excluding hydrogens is 448 g/mol. The van der Waals surface area contributed by atoms with Crippen molar-refractivity contribution in [3.05, 3.63) is 65.4 Å². The molecule has 8 heteroatoms. The summed E-state index contributed by atoms with van der Waals surface area (Å²) in [6, 6.07) is 12.0. The Morgan fingerprint density at radius 2 is 1.80 bits per heavy atom. The van der Waals surface area contributed by atoms with Gasteiger partial charge in [0, 0.05) is 49.4 Å². The lowest BCUT2D eigenvalue weighted by atomic mass is 9.94. The molecule has 1 amide bonds. The zero-order chi connectivity index (χ0) is 25.1. The number of carbonyl (C=O) groups is 2. The van der Waals surface area contributed by atoms with Crippen LogP contribution in [-0.4, -0.2) is 59.7 Å². The third kappa shape index (κ3) is 4.37. The Labute approximate surface area is 204 Å². The third-order valence-electron chi connectivity index (χ3n) is 6.12. The first-order valence-corrected chi connectivity index (χ1v) is 11.6. The van der Waals surface area contributed by atoms with Crippen LogP contribution in [0.5, 0.6) is 11.5 Å². The second kappa shape index (κ2) is 10.2.